The molecule has 0 rings (SSSR count). The largest absolute Gasteiger partial charge is 0.349 e. The summed E-state index contributed by atoms with van der Waals surface area (Å²) in [5.74, 6) is 4.08. The molecule has 0 aromatic carbocycles. The Labute approximate surface area is 94.9 Å². The van der Waals surface area contributed by atoms with Crippen molar-refractivity contribution in [2.24, 2.45) is 0 Å². The van der Waals surface area contributed by atoms with Crippen LogP contribution in [0.3, 0.4) is 0 Å². The van der Waals surface area contributed by atoms with Crippen LogP contribution >= 0.6 is 7.60 Å². The zero-order valence-corrected chi connectivity index (χ0v) is 10.3. The minimum atomic E-state index is -3.99. The summed E-state index contributed by atoms with van der Waals surface area (Å²) < 4.78 is 47.4. The first-order valence-electron chi connectivity index (χ1n) is 3.92. The van der Waals surface area contributed by atoms with Gasteiger partial charge in [0.1, 0.15) is 13.2 Å². The fourth-order valence-corrected chi connectivity index (χ4v) is 3.81. The van der Waals surface area contributed by atoms with Crippen LogP contribution in [0.25, 0.3) is 0 Å². The second-order valence-electron chi connectivity index (χ2n) is 2.42. The predicted octanol–water partition coefficient (Wildman–Crippen LogP) is 0.413. The van der Waals surface area contributed by atoms with Crippen LogP contribution < -0.4 is 0 Å². The summed E-state index contributed by atoms with van der Waals surface area (Å²) in [6.07, 6.45) is 9.78. The molecular formula is C8H11O6PS. The summed E-state index contributed by atoms with van der Waals surface area (Å²) in [4.78, 5) is 0. The van der Waals surface area contributed by atoms with E-state index in [4.69, 9.17) is 12.8 Å². The van der Waals surface area contributed by atoms with Crippen LogP contribution in [0.15, 0.2) is 0 Å². The summed E-state index contributed by atoms with van der Waals surface area (Å²) in [5, 5.41) is 0. The maximum Gasteiger partial charge on any atom is 0.349 e. The average Bonchev–Trinajstić information content (AvgIpc) is 2.23. The normalized spacial score (nSPS) is 11.7. The standard InChI is InChI=1S/C8H11O6PS/c1-4-6-13-15(9,14-7-5-2)8-16(10,11)12-3/h1-2H,6-8H2,3H3. The highest BCUT2D eigenvalue weighted by molar-refractivity contribution is 7.93. The van der Waals surface area contributed by atoms with Gasteiger partial charge in [0, 0.05) is 0 Å². The zero-order valence-electron chi connectivity index (χ0n) is 8.58. The fraction of sp³-hybridized carbons (Fsp3) is 0.500. The van der Waals surface area contributed by atoms with E-state index in [1.54, 1.807) is 0 Å². The van der Waals surface area contributed by atoms with Crippen molar-refractivity contribution in [1.82, 2.24) is 0 Å². The Bertz CT molecular complexity index is 418. The first-order valence-corrected chi connectivity index (χ1v) is 7.23. The van der Waals surface area contributed by atoms with Crippen molar-refractivity contribution in [3.05, 3.63) is 0 Å². The lowest BCUT2D eigenvalue weighted by atomic mass is 10.8. The van der Waals surface area contributed by atoms with Gasteiger partial charge in [-0.3, -0.25) is 17.8 Å². The van der Waals surface area contributed by atoms with Gasteiger partial charge in [0.05, 0.1) is 7.11 Å². The molecule has 0 heterocycles. The Morgan fingerprint density at radius 2 is 1.62 bits per heavy atom. The number of rotatable bonds is 7. The van der Waals surface area contributed by atoms with Crippen LogP contribution in [0, 0.1) is 24.7 Å². The van der Waals surface area contributed by atoms with Gasteiger partial charge in [0.25, 0.3) is 10.1 Å². The molecule has 0 aromatic heterocycles. The van der Waals surface area contributed by atoms with Crippen molar-refractivity contribution in [1.29, 1.82) is 0 Å². The van der Waals surface area contributed by atoms with E-state index in [1.807, 2.05) is 11.8 Å². The zero-order chi connectivity index (χ0) is 12.7. The third kappa shape index (κ3) is 5.92. The van der Waals surface area contributed by atoms with Gasteiger partial charge in [-0.25, -0.2) is 0 Å². The van der Waals surface area contributed by atoms with E-state index < -0.39 is 23.2 Å². The molecule has 0 aliphatic rings. The van der Waals surface area contributed by atoms with Crippen molar-refractivity contribution in [3.8, 4) is 24.7 Å². The molecule has 16 heavy (non-hydrogen) atoms. The molecule has 0 aromatic rings. The van der Waals surface area contributed by atoms with Crippen LogP contribution in [0.5, 0.6) is 0 Å². The van der Waals surface area contributed by atoms with E-state index in [0.717, 1.165) is 7.11 Å². The lowest BCUT2D eigenvalue weighted by Crippen LogP contribution is -2.12. The third-order valence-corrected chi connectivity index (χ3v) is 5.34. The molecule has 0 saturated carbocycles. The maximum atomic E-state index is 11.8. The average molecular weight is 266 g/mol. The molecule has 0 atom stereocenters. The summed E-state index contributed by atoms with van der Waals surface area (Å²) in [5.41, 5.74) is -0.931. The van der Waals surface area contributed by atoms with Gasteiger partial charge in [0.15, 0.2) is 5.49 Å². The quantitative estimate of drug-likeness (QED) is 0.377. The van der Waals surface area contributed by atoms with Crippen molar-refractivity contribution in [2.45, 2.75) is 0 Å². The third-order valence-electron chi connectivity index (χ3n) is 1.26. The number of hydrogen-bond donors (Lipinski definition) is 0. The predicted molar refractivity (Wildman–Crippen MR) is 58.0 cm³/mol. The summed E-state index contributed by atoms with van der Waals surface area (Å²) in [7, 11) is -6.94. The van der Waals surface area contributed by atoms with E-state index in [1.165, 1.54) is 0 Å². The molecule has 0 fully saturated rings. The van der Waals surface area contributed by atoms with E-state index >= 15 is 0 Å². The van der Waals surface area contributed by atoms with Crippen molar-refractivity contribution in [3.63, 3.8) is 0 Å². The van der Waals surface area contributed by atoms with Crippen LogP contribution in [0.2, 0.25) is 0 Å². The highest BCUT2D eigenvalue weighted by atomic mass is 32.2. The van der Waals surface area contributed by atoms with Crippen LogP contribution in [0.1, 0.15) is 0 Å². The molecule has 0 bridgehead atoms. The monoisotopic (exact) mass is 266 g/mol. The minimum Gasteiger partial charge on any atom is -0.295 e. The topological polar surface area (TPSA) is 78.9 Å². The minimum absolute atomic E-state index is 0.346. The first kappa shape index (κ1) is 15.2. The van der Waals surface area contributed by atoms with Gasteiger partial charge in [-0.05, 0) is 0 Å². The second-order valence-corrected chi connectivity index (χ2v) is 6.64. The summed E-state index contributed by atoms with van der Waals surface area (Å²) >= 11 is 0. The number of terminal acetylenes is 2. The van der Waals surface area contributed by atoms with Crippen LogP contribution in [-0.2, 0) is 27.9 Å². The SMILES string of the molecule is C#CCOP(=O)(CS(=O)(=O)OC)OCC#C. The number of hydrogen-bond acceptors (Lipinski definition) is 6. The van der Waals surface area contributed by atoms with Gasteiger partial charge < -0.3 is 0 Å². The van der Waals surface area contributed by atoms with Gasteiger partial charge >= 0.3 is 7.60 Å². The fourth-order valence-electron chi connectivity index (χ4n) is 0.629. The Kier molecular flexibility index (Phi) is 6.35. The molecule has 0 aliphatic carbocycles. The molecule has 6 nitrogen and oxygen atoms in total. The van der Waals surface area contributed by atoms with Crippen LogP contribution in [-0.4, -0.2) is 34.2 Å². The molecule has 0 saturated heterocycles. The molecule has 0 unspecified atom stereocenters. The Morgan fingerprint density at radius 3 is 1.94 bits per heavy atom. The second kappa shape index (κ2) is 6.70. The summed E-state index contributed by atoms with van der Waals surface area (Å²) in [6, 6.07) is 0. The van der Waals surface area contributed by atoms with Crippen LogP contribution in [0.4, 0.5) is 0 Å². The van der Waals surface area contributed by atoms with Gasteiger partial charge in [-0.15, -0.1) is 12.8 Å². The summed E-state index contributed by atoms with van der Waals surface area (Å²) in [6.45, 7) is -0.692. The molecule has 0 spiro atoms. The Balaban J connectivity index is 4.75. The van der Waals surface area contributed by atoms with E-state index in [2.05, 4.69) is 13.2 Å². The van der Waals surface area contributed by atoms with Crippen molar-refractivity contribution in [2.75, 3.05) is 25.8 Å². The molecule has 0 amide bonds. The highest BCUT2D eigenvalue weighted by Gasteiger charge is 2.32. The highest BCUT2D eigenvalue weighted by Crippen LogP contribution is 2.49. The Hall–Kier alpha value is -0.820. The van der Waals surface area contributed by atoms with E-state index in [0.29, 0.717) is 0 Å². The van der Waals surface area contributed by atoms with Crippen molar-refractivity contribution >= 4 is 17.7 Å². The van der Waals surface area contributed by atoms with E-state index in [-0.39, 0.29) is 13.2 Å². The van der Waals surface area contributed by atoms with Gasteiger partial charge in [-0.2, -0.15) is 8.42 Å². The maximum absolute atomic E-state index is 11.8. The molecule has 0 aliphatic heterocycles. The van der Waals surface area contributed by atoms with Crippen molar-refractivity contribution < 1.29 is 26.2 Å². The van der Waals surface area contributed by atoms with Gasteiger partial charge in [-0.1, -0.05) is 11.8 Å². The molecule has 0 N–H and O–H groups in total. The molecule has 0 radical (unpaired) electrons. The molecule has 8 heteroatoms. The molecular weight excluding hydrogens is 255 g/mol. The lowest BCUT2D eigenvalue weighted by Gasteiger charge is -2.15. The van der Waals surface area contributed by atoms with E-state index in [9.17, 15) is 13.0 Å². The lowest BCUT2D eigenvalue weighted by molar-refractivity contribution is 0.245. The molecule has 90 valence electrons. The van der Waals surface area contributed by atoms with Gasteiger partial charge in [0.2, 0.25) is 0 Å². The smallest absolute Gasteiger partial charge is 0.295 e. The Morgan fingerprint density at radius 1 is 1.19 bits per heavy atom. The first-order chi connectivity index (χ1) is 7.39.